The topological polar surface area (TPSA) is 21.1 Å². The van der Waals surface area contributed by atoms with E-state index in [4.69, 9.17) is 0 Å². The summed E-state index contributed by atoms with van der Waals surface area (Å²) in [6.45, 7) is 4.31. The number of rotatable bonds is 5. The molecule has 16 heavy (non-hydrogen) atoms. The van der Waals surface area contributed by atoms with Crippen LogP contribution in [0.3, 0.4) is 0 Å². The number of thioether (sulfide) groups is 1. The van der Waals surface area contributed by atoms with Crippen molar-refractivity contribution in [2.75, 3.05) is 24.0 Å². The van der Waals surface area contributed by atoms with E-state index in [0.29, 0.717) is 6.04 Å². The van der Waals surface area contributed by atoms with Crippen LogP contribution in [0.1, 0.15) is 18.2 Å². The minimum absolute atomic E-state index is 0.516. The van der Waals surface area contributed by atoms with Gasteiger partial charge in [0.25, 0.3) is 0 Å². The Kier molecular flexibility index (Phi) is 5.18. The highest BCUT2D eigenvalue weighted by atomic mass is 79.9. The number of halogens is 1. The van der Waals surface area contributed by atoms with Crippen LogP contribution in [-0.2, 0) is 12.4 Å². The summed E-state index contributed by atoms with van der Waals surface area (Å²) in [6.07, 6.45) is 2.14. The quantitative estimate of drug-likeness (QED) is 0.781. The number of anilines is 1. The standard InChI is InChI=1S/C11H20BrN3S/c1-8(7-16-5)14(3)11-10(6-12)9(2)13-15(11)4/h8H,6-7H2,1-5H3. The minimum atomic E-state index is 0.516. The predicted octanol–water partition coefficient (Wildman–Crippen LogP) is 2.81. The minimum Gasteiger partial charge on any atom is -0.356 e. The molecule has 0 aromatic carbocycles. The van der Waals surface area contributed by atoms with Gasteiger partial charge in [0, 0.05) is 36.8 Å². The summed E-state index contributed by atoms with van der Waals surface area (Å²) in [5.74, 6) is 2.35. The highest BCUT2D eigenvalue weighted by Gasteiger charge is 2.19. The predicted molar refractivity (Wildman–Crippen MR) is 76.8 cm³/mol. The second kappa shape index (κ2) is 5.96. The van der Waals surface area contributed by atoms with Crippen LogP contribution >= 0.6 is 27.7 Å². The molecule has 0 bridgehead atoms. The van der Waals surface area contributed by atoms with Gasteiger partial charge in [0.05, 0.1) is 5.69 Å². The molecule has 1 aromatic rings. The van der Waals surface area contributed by atoms with Gasteiger partial charge in [-0.15, -0.1) is 0 Å². The molecule has 1 atom stereocenters. The van der Waals surface area contributed by atoms with E-state index in [1.54, 1.807) is 0 Å². The third kappa shape index (κ3) is 2.74. The summed E-state index contributed by atoms with van der Waals surface area (Å²) < 4.78 is 1.97. The summed E-state index contributed by atoms with van der Waals surface area (Å²) in [4.78, 5) is 2.31. The van der Waals surface area contributed by atoms with Crippen molar-refractivity contribution >= 4 is 33.5 Å². The largest absolute Gasteiger partial charge is 0.356 e. The molecule has 0 aliphatic carbocycles. The van der Waals surface area contributed by atoms with Crippen LogP contribution in [0, 0.1) is 6.92 Å². The summed E-state index contributed by atoms with van der Waals surface area (Å²) in [7, 11) is 4.15. The lowest BCUT2D eigenvalue weighted by molar-refractivity contribution is 0.685. The van der Waals surface area contributed by atoms with Crippen LogP contribution in [-0.4, -0.2) is 34.9 Å². The van der Waals surface area contributed by atoms with Crippen molar-refractivity contribution in [3.63, 3.8) is 0 Å². The zero-order chi connectivity index (χ0) is 12.3. The number of alkyl halides is 1. The van der Waals surface area contributed by atoms with Crippen LogP contribution in [0.4, 0.5) is 5.82 Å². The second-order valence-corrected chi connectivity index (χ2v) is 5.53. The van der Waals surface area contributed by atoms with Crippen LogP contribution in [0.25, 0.3) is 0 Å². The molecule has 0 saturated carbocycles. The second-order valence-electron chi connectivity index (χ2n) is 4.06. The maximum Gasteiger partial charge on any atom is 0.130 e. The van der Waals surface area contributed by atoms with Gasteiger partial charge in [-0.1, -0.05) is 15.9 Å². The third-order valence-corrected chi connectivity index (χ3v) is 4.23. The Labute approximate surface area is 111 Å². The molecule has 5 heteroatoms. The van der Waals surface area contributed by atoms with E-state index >= 15 is 0 Å². The molecule has 1 unspecified atom stereocenters. The van der Waals surface area contributed by atoms with Crippen LogP contribution < -0.4 is 4.90 Å². The summed E-state index contributed by atoms with van der Waals surface area (Å²) in [5, 5.41) is 5.34. The Morgan fingerprint density at radius 2 is 2.19 bits per heavy atom. The van der Waals surface area contributed by atoms with Crippen molar-refractivity contribution in [1.29, 1.82) is 0 Å². The lowest BCUT2D eigenvalue weighted by Crippen LogP contribution is -2.33. The van der Waals surface area contributed by atoms with E-state index in [1.807, 2.05) is 23.5 Å². The Hall–Kier alpha value is -0.160. The number of hydrogen-bond acceptors (Lipinski definition) is 3. The van der Waals surface area contributed by atoms with Crippen molar-refractivity contribution in [3.05, 3.63) is 11.3 Å². The van der Waals surface area contributed by atoms with E-state index in [2.05, 4.69) is 53.1 Å². The van der Waals surface area contributed by atoms with Gasteiger partial charge in [-0.2, -0.15) is 16.9 Å². The molecular weight excluding hydrogens is 286 g/mol. The van der Waals surface area contributed by atoms with Crippen molar-refractivity contribution in [2.45, 2.75) is 25.2 Å². The van der Waals surface area contributed by atoms with Crippen molar-refractivity contribution in [3.8, 4) is 0 Å². The average molecular weight is 306 g/mol. The summed E-state index contributed by atoms with van der Waals surface area (Å²) in [6, 6.07) is 0.516. The van der Waals surface area contributed by atoms with E-state index in [0.717, 1.165) is 16.8 Å². The lowest BCUT2D eigenvalue weighted by atomic mass is 10.2. The highest BCUT2D eigenvalue weighted by Crippen LogP contribution is 2.26. The Balaban J connectivity index is 3.02. The van der Waals surface area contributed by atoms with Gasteiger partial charge in [0.1, 0.15) is 5.82 Å². The van der Waals surface area contributed by atoms with Crippen molar-refractivity contribution in [1.82, 2.24) is 9.78 Å². The molecule has 0 aliphatic rings. The molecule has 0 amide bonds. The fraction of sp³-hybridized carbons (Fsp3) is 0.727. The Bertz CT molecular complexity index is 351. The number of nitrogens with zero attached hydrogens (tertiary/aromatic N) is 3. The van der Waals surface area contributed by atoms with Crippen LogP contribution in [0.2, 0.25) is 0 Å². The van der Waals surface area contributed by atoms with Gasteiger partial charge >= 0.3 is 0 Å². The summed E-state index contributed by atoms with van der Waals surface area (Å²) in [5.41, 5.74) is 2.40. The van der Waals surface area contributed by atoms with Gasteiger partial charge in [-0.05, 0) is 20.1 Å². The van der Waals surface area contributed by atoms with Gasteiger partial charge in [-0.25, -0.2) is 0 Å². The van der Waals surface area contributed by atoms with Crippen molar-refractivity contribution < 1.29 is 0 Å². The normalized spacial score (nSPS) is 12.9. The van der Waals surface area contributed by atoms with E-state index in [9.17, 15) is 0 Å². The zero-order valence-corrected chi connectivity index (χ0v) is 13.0. The van der Waals surface area contributed by atoms with Crippen LogP contribution in [0.5, 0.6) is 0 Å². The fourth-order valence-electron chi connectivity index (χ4n) is 1.85. The molecule has 1 aromatic heterocycles. The molecular formula is C11H20BrN3S. The molecule has 0 aliphatic heterocycles. The first-order valence-electron chi connectivity index (χ1n) is 5.33. The highest BCUT2D eigenvalue weighted by molar-refractivity contribution is 9.08. The van der Waals surface area contributed by atoms with Gasteiger partial charge < -0.3 is 4.90 Å². The number of aromatic nitrogens is 2. The van der Waals surface area contributed by atoms with E-state index in [-0.39, 0.29) is 0 Å². The number of hydrogen-bond donors (Lipinski definition) is 0. The molecule has 3 nitrogen and oxygen atoms in total. The third-order valence-electron chi connectivity index (χ3n) is 2.85. The Morgan fingerprint density at radius 1 is 1.56 bits per heavy atom. The molecule has 0 spiro atoms. The molecule has 0 radical (unpaired) electrons. The van der Waals surface area contributed by atoms with Gasteiger partial charge in [0.15, 0.2) is 0 Å². The first-order chi connectivity index (χ1) is 7.52. The molecule has 0 N–H and O–H groups in total. The van der Waals surface area contributed by atoms with E-state index in [1.165, 1.54) is 11.4 Å². The summed E-state index contributed by atoms with van der Waals surface area (Å²) >= 11 is 5.42. The molecule has 0 fully saturated rings. The van der Waals surface area contributed by atoms with E-state index < -0.39 is 0 Å². The Morgan fingerprint density at radius 3 is 2.69 bits per heavy atom. The SMILES string of the molecule is CSCC(C)N(C)c1c(CBr)c(C)nn1C. The first-order valence-corrected chi connectivity index (χ1v) is 7.84. The molecule has 92 valence electrons. The maximum absolute atomic E-state index is 4.48. The van der Waals surface area contributed by atoms with Gasteiger partial charge in [-0.3, -0.25) is 4.68 Å². The number of aryl methyl sites for hydroxylation is 2. The van der Waals surface area contributed by atoms with Gasteiger partial charge in [0.2, 0.25) is 0 Å². The monoisotopic (exact) mass is 305 g/mol. The lowest BCUT2D eigenvalue weighted by Gasteiger charge is -2.27. The zero-order valence-electron chi connectivity index (χ0n) is 10.6. The van der Waals surface area contributed by atoms with Crippen molar-refractivity contribution in [2.24, 2.45) is 7.05 Å². The first kappa shape index (κ1) is 13.9. The average Bonchev–Trinajstić information content (AvgIpc) is 2.52. The van der Waals surface area contributed by atoms with Crippen LogP contribution in [0.15, 0.2) is 0 Å². The molecule has 0 saturated heterocycles. The molecule has 1 heterocycles. The fourth-order valence-corrected chi connectivity index (χ4v) is 3.21. The molecule has 1 rings (SSSR count). The smallest absolute Gasteiger partial charge is 0.130 e. The maximum atomic E-state index is 4.48.